The lowest BCUT2D eigenvalue weighted by Gasteiger charge is -2.15. The summed E-state index contributed by atoms with van der Waals surface area (Å²) in [6, 6.07) is 1.10. The molecule has 0 saturated heterocycles. The first-order valence-corrected chi connectivity index (χ1v) is 4.94. The van der Waals surface area contributed by atoms with Crippen LogP contribution < -0.4 is 10.6 Å². The molecule has 0 aromatic carbocycles. The number of ketones is 1. The fourth-order valence-corrected chi connectivity index (χ4v) is 1.41. The predicted molar refractivity (Wildman–Crippen MR) is 61.6 cm³/mol. The molecule has 0 aliphatic heterocycles. The maximum Gasteiger partial charge on any atom is 0.197 e. The molecule has 15 heavy (non-hydrogen) atoms. The van der Waals surface area contributed by atoms with E-state index in [1.54, 1.807) is 13.0 Å². The summed E-state index contributed by atoms with van der Waals surface area (Å²) in [5.74, 6) is -0.185. The Bertz CT molecular complexity index is 377. The summed E-state index contributed by atoms with van der Waals surface area (Å²) in [6.07, 6.45) is 1.46. The Labute approximate surface area is 94.0 Å². The minimum absolute atomic E-state index is 0.185. The van der Waals surface area contributed by atoms with E-state index >= 15 is 0 Å². The second-order valence-corrected chi connectivity index (χ2v) is 3.98. The zero-order valence-corrected chi connectivity index (χ0v) is 9.75. The first-order chi connectivity index (χ1) is 6.93. The van der Waals surface area contributed by atoms with Crippen LogP contribution in [0.25, 0.3) is 0 Å². The van der Waals surface area contributed by atoms with Crippen LogP contribution >= 0.6 is 11.6 Å². The topological polar surface area (TPSA) is 59.2 Å². The molecule has 4 nitrogen and oxygen atoms in total. The Hall–Kier alpha value is -1.13. The highest BCUT2D eigenvalue weighted by Gasteiger charge is 2.14. The van der Waals surface area contributed by atoms with Gasteiger partial charge in [0.25, 0.3) is 0 Å². The number of nitrogens with zero attached hydrogens (tertiary/aromatic N) is 2. The van der Waals surface area contributed by atoms with Crippen molar-refractivity contribution in [3.05, 3.63) is 23.0 Å². The van der Waals surface area contributed by atoms with Gasteiger partial charge in [0.2, 0.25) is 0 Å². The molecule has 2 N–H and O–H groups in total. The van der Waals surface area contributed by atoms with E-state index in [0.717, 1.165) is 5.69 Å². The van der Waals surface area contributed by atoms with Crippen molar-refractivity contribution in [3.63, 3.8) is 0 Å². The van der Waals surface area contributed by atoms with E-state index in [-0.39, 0.29) is 5.78 Å². The van der Waals surface area contributed by atoms with Gasteiger partial charge in [-0.3, -0.25) is 9.78 Å². The Kier molecular flexibility index (Phi) is 3.66. The summed E-state index contributed by atoms with van der Waals surface area (Å²) in [6.45, 7) is 1.63. The van der Waals surface area contributed by atoms with Gasteiger partial charge in [-0.05, 0) is 13.0 Å². The van der Waals surface area contributed by atoms with Crippen LogP contribution in [-0.4, -0.2) is 30.9 Å². The van der Waals surface area contributed by atoms with Gasteiger partial charge in [0.05, 0.1) is 16.8 Å². The van der Waals surface area contributed by atoms with E-state index in [4.69, 9.17) is 17.3 Å². The molecule has 0 bridgehead atoms. The minimum Gasteiger partial charge on any atom is -0.376 e. The zero-order chi connectivity index (χ0) is 11.6. The number of Topliss-reactive ketones (excluding diaryl/α,β-unsaturated/α-hetero) is 1. The molecule has 82 valence electrons. The standard InChI is InChI=1S/C10H14ClN3O/c1-6(12)10(15)8-4-9(14(2)3)7(11)5-13-8/h4-6H,12H2,1-3H3. The number of carbonyl (C=O) groups is 1. The highest BCUT2D eigenvalue weighted by Crippen LogP contribution is 2.23. The third-order valence-corrected chi connectivity index (χ3v) is 2.27. The van der Waals surface area contributed by atoms with Crippen LogP contribution in [0.5, 0.6) is 0 Å². The molecule has 1 atom stereocenters. The van der Waals surface area contributed by atoms with Gasteiger partial charge >= 0.3 is 0 Å². The molecular weight excluding hydrogens is 214 g/mol. The molecule has 0 spiro atoms. The molecule has 1 aromatic rings. The first-order valence-electron chi connectivity index (χ1n) is 4.56. The maximum atomic E-state index is 11.6. The van der Waals surface area contributed by atoms with E-state index in [1.807, 2.05) is 19.0 Å². The Morgan fingerprint density at radius 1 is 1.60 bits per heavy atom. The molecule has 1 unspecified atom stereocenters. The monoisotopic (exact) mass is 227 g/mol. The van der Waals surface area contributed by atoms with Crippen molar-refractivity contribution in [2.24, 2.45) is 5.73 Å². The smallest absolute Gasteiger partial charge is 0.197 e. The fourth-order valence-electron chi connectivity index (χ4n) is 1.14. The van der Waals surface area contributed by atoms with Crippen LogP contribution in [0.3, 0.4) is 0 Å². The highest BCUT2D eigenvalue weighted by atomic mass is 35.5. The summed E-state index contributed by atoms with van der Waals surface area (Å²) in [7, 11) is 3.70. The quantitative estimate of drug-likeness (QED) is 0.792. The van der Waals surface area contributed by atoms with Gasteiger partial charge in [0.1, 0.15) is 5.69 Å². The SMILES string of the molecule is CC(N)C(=O)c1cc(N(C)C)c(Cl)cn1. The normalized spacial score (nSPS) is 12.3. The summed E-state index contributed by atoms with van der Waals surface area (Å²) >= 11 is 5.93. The summed E-state index contributed by atoms with van der Waals surface area (Å²) in [5, 5.41) is 0.515. The first kappa shape index (κ1) is 11.9. The lowest BCUT2D eigenvalue weighted by molar-refractivity contribution is 0.0963. The van der Waals surface area contributed by atoms with Gasteiger partial charge in [0.15, 0.2) is 5.78 Å². The number of hydrogen-bond donors (Lipinski definition) is 1. The molecule has 5 heteroatoms. The molecular formula is C10H14ClN3O. The molecule has 0 fully saturated rings. The van der Waals surface area contributed by atoms with Gasteiger partial charge in [-0.25, -0.2) is 0 Å². The molecule has 0 radical (unpaired) electrons. The Morgan fingerprint density at radius 3 is 2.67 bits per heavy atom. The number of carbonyl (C=O) groups excluding carboxylic acids is 1. The van der Waals surface area contributed by atoms with Crippen molar-refractivity contribution in [2.45, 2.75) is 13.0 Å². The van der Waals surface area contributed by atoms with Crippen LogP contribution in [-0.2, 0) is 0 Å². The number of aromatic nitrogens is 1. The molecule has 0 saturated carbocycles. The Balaban J connectivity index is 3.13. The third kappa shape index (κ3) is 2.67. The summed E-state index contributed by atoms with van der Waals surface area (Å²) in [4.78, 5) is 17.4. The number of anilines is 1. The average molecular weight is 228 g/mol. The fraction of sp³-hybridized carbons (Fsp3) is 0.400. The number of halogens is 1. The Morgan fingerprint density at radius 2 is 2.20 bits per heavy atom. The van der Waals surface area contributed by atoms with E-state index in [0.29, 0.717) is 10.7 Å². The van der Waals surface area contributed by atoms with Gasteiger partial charge in [-0.2, -0.15) is 0 Å². The van der Waals surface area contributed by atoms with Crippen LogP contribution in [0.4, 0.5) is 5.69 Å². The van der Waals surface area contributed by atoms with Gasteiger partial charge in [-0.1, -0.05) is 11.6 Å². The average Bonchev–Trinajstić information content (AvgIpc) is 2.16. The number of nitrogens with two attached hydrogens (primary N) is 1. The van der Waals surface area contributed by atoms with Crippen molar-refractivity contribution in [3.8, 4) is 0 Å². The molecule has 1 rings (SSSR count). The lowest BCUT2D eigenvalue weighted by atomic mass is 10.1. The summed E-state index contributed by atoms with van der Waals surface area (Å²) < 4.78 is 0. The van der Waals surface area contributed by atoms with Crippen LogP contribution in [0.15, 0.2) is 12.3 Å². The second kappa shape index (κ2) is 4.59. The number of pyridine rings is 1. The molecule has 0 amide bonds. The van der Waals surface area contributed by atoms with Crippen molar-refractivity contribution in [1.29, 1.82) is 0 Å². The van der Waals surface area contributed by atoms with E-state index in [1.165, 1.54) is 6.20 Å². The minimum atomic E-state index is -0.548. The summed E-state index contributed by atoms with van der Waals surface area (Å²) in [5.41, 5.74) is 6.60. The predicted octanol–water partition coefficient (Wildman–Crippen LogP) is 1.33. The van der Waals surface area contributed by atoms with Crippen molar-refractivity contribution in [1.82, 2.24) is 4.98 Å². The second-order valence-electron chi connectivity index (χ2n) is 3.57. The third-order valence-electron chi connectivity index (χ3n) is 1.98. The van der Waals surface area contributed by atoms with Gasteiger partial charge in [0, 0.05) is 20.3 Å². The molecule has 1 heterocycles. The van der Waals surface area contributed by atoms with E-state index in [2.05, 4.69) is 4.98 Å². The van der Waals surface area contributed by atoms with E-state index < -0.39 is 6.04 Å². The van der Waals surface area contributed by atoms with Crippen LogP contribution in [0.1, 0.15) is 17.4 Å². The maximum absolute atomic E-state index is 11.6. The highest BCUT2D eigenvalue weighted by molar-refractivity contribution is 6.33. The number of hydrogen-bond acceptors (Lipinski definition) is 4. The van der Waals surface area contributed by atoms with Crippen molar-refractivity contribution in [2.75, 3.05) is 19.0 Å². The van der Waals surface area contributed by atoms with Crippen LogP contribution in [0, 0.1) is 0 Å². The van der Waals surface area contributed by atoms with E-state index in [9.17, 15) is 4.79 Å². The molecule has 0 aliphatic rings. The van der Waals surface area contributed by atoms with Crippen molar-refractivity contribution < 1.29 is 4.79 Å². The van der Waals surface area contributed by atoms with Crippen LogP contribution in [0.2, 0.25) is 5.02 Å². The zero-order valence-electron chi connectivity index (χ0n) is 8.99. The van der Waals surface area contributed by atoms with Gasteiger partial charge in [-0.15, -0.1) is 0 Å². The van der Waals surface area contributed by atoms with Gasteiger partial charge < -0.3 is 10.6 Å². The van der Waals surface area contributed by atoms with Crippen molar-refractivity contribution >= 4 is 23.1 Å². The molecule has 1 aromatic heterocycles. The largest absolute Gasteiger partial charge is 0.376 e. The number of rotatable bonds is 3. The lowest BCUT2D eigenvalue weighted by Crippen LogP contribution is -2.27. The molecule has 0 aliphatic carbocycles.